The smallest absolute Gasteiger partial charge is 0.253 e. The maximum atomic E-state index is 11.6. The highest BCUT2D eigenvalue weighted by atomic mass is 16.3. The molecule has 0 atom stereocenters. The van der Waals surface area contributed by atoms with Gasteiger partial charge in [-0.25, -0.2) is 4.98 Å². The van der Waals surface area contributed by atoms with Crippen molar-refractivity contribution in [2.45, 2.75) is 13.3 Å². The molecule has 0 aliphatic rings. The van der Waals surface area contributed by atoms with Gasteiger partial charge < -0.3 is 15.1 Å². The largest absolute Gasteiger partial charge is 0.468 e. The summed E-state index contributed by atoms with van der Waals surface area (Å²) in [5.74, 6) is 0.683. The van der Waals surface area contributed by atoms with Crippen molar-refractivity contribution < 1.29 is 9.21 Å². The topological polar surface area (TPSA) is 84.9 Å². The Bertz CT molecular complexity index is 722. The Balaban J connectivity index is 2.21. The summed E-state index contributed by atoms with van der Waals surface area (Å²) in [7, 11) is 0. The summed E-state index contributed by atoms with van der Waals surface area (Å²) in [6, 6.07) is 7.66. The van der Waals surface area contributed by atoms with Gasteiger partial charge in [0.1, 0.15) is 17.8 Å². The molecule has 19 heavy (non-hydrogen) atoms. The van der Waals surface area contributed by atoms with Gasteiger partial charge in [-0.05, 0) is 12.1 Å². The first-order valence-electron chi connectivity index (χ1n) is 6.06. The molecular weight excluding hydrogens is 242 g/mol. The van der Waals surface area contributed by atoms with E-state index in [2.05, 4.69) is 9.97 Å². The van der Waals surface area contributed by atoms with Gasteiger partial charge in [-0.1, -0.05) is 19.1 Å². The quantitative estimate of drug-likeness (QED) is 0.754. The van der Waals surface area contributed by atoms with Crippen LogP contribution in [-0.4, -0.2) is 15.9 Å². The molecule has 3 N–H and O–H groups in total. The van der Waals surface area contributed by atoms with Crippen molar-refractivity contribution in [3.05, 3.63) is 41.9 Å². The molecule has 0 aliphatic carbocycles. The van der Waals surface area contributed by atoms with E-state index in [1.807, 2.05) is 31.2 Å². The summed E-state index contributed by atoms with van der Waals surface area (Å²) in [6.45, 7) is 1.91. The van der Waals surface area contributed by atoms with Crippen LogP contribution in [0.15, 0.2) is 34.9 Å². The number of hydrogen-bond acceptors (Lipinski definition) is 3. The van der Waals surface area contributed by atoms with Gasteiger partial charge in [0.2, 0.25) is 0 Å². The molecule has 2 heterocycles. The molecule has 96 valence electrons. The number of fused-ring (bicyclic) bond motifs is 1. The van der Waals surface area contributed by atoms with Gasteiger partial charge in [-0.15, -0.1) is 0 Å². The van der Waals surface area contributed by atoms with E-state index in [0.29, 0.717) is 29.1 Å². The van der Waals surface area contributed by atoms with Gasteiger partial charge in [0.15, 0.2) is 0 Å². The van der Waals surface area contributed by atoms with Crippen molar-refractivity contribution in [2.24, 2.45) is 5.73 Å². The van der Waals surface area contributed by atoms with Crippen LogP contribution in [0.1, 0.15) is 23.0 Å². The highest BCUT2D eigenvalue weighted by Crippen LogP contribution is 2.28. The summed E-state index contributed by atoms with van der Waals surface area (Å²) in [5, 5.41) is 0. The van der Waals surface area contributed by atoms with Gasteiger partial charge in [0.05, 0.1) is 22.2 Å². The van der Waals surface area contributed by atoms with Crippen LogP contribution >= 0.6 is 0 Å². The van der Waals surface area contributed by atoms with E-state index in [4.69, 9.17) is 10.2 Å². The number of imidazole rings is 1. The van der Waals surface area contributed by atoms with Crippen LogP contribution in [-0.2, 0) is 6.42 Å². The molecule has 0 saturated carbocycles. The number of carbonyl (C=O) groups is 1. The van der Waals surface area contributed by atoms with Crippen molar-refractivity contribution in [1.82, 2.24) is 9.97 Å². The average molecular weight is 255 g/mol. The second kappa shape index (κ2) is 4.28. The molecule has 0 fully saturated rings. The van der Waals surface area contributed by atoms with E-state index >= 15 is 0 Å². The van der Waals surface area contributed by atoms with E-state index in [9.17, 15) is 4.79 Å². The zero-order valence-corrected chi connectivity index (χ0v) is 10.4. The predicted octanol–water partition coefficient (Wildman–Crippen LogP) is 2.48. The van der Waals surface area contributed by atoms with Crippen molar-refractivity contribution >= 4 is 16.9 Å². The van der Waals surface area contributed by atoms with Crippen LogP contribution < -0.4 is 5.73 Å². The zero-order chi connectivity index (χ0) is 13.4. The SMILES string of the molecule is CCc1occ(-c2nc3ccccc3[nH]2)c1C(N)=O. The standard InChI is InChI=1S/C14H13N3O2/c1-2-11-12(13(15)18)8(7-19-11)14-16-9-5-3-4-6-10(9)17-14/h3-7H,2H2,1H3,(H2,15,18)(H,16,17). The van der Waals surface area contributed by atoms with Gasteiger partial charge in [0.25, 0.3) is 5.91 Å². The number of rotatable bonds is 3. The lowest BCUT2D eigenvalue weighted by Gasteiger charge is -1.97. The molecule has 0 saturated heterocycles. The number of amides is 1. The predicted molar refractivity (Wildman–Crippen MR) is 71.7 cm³/mol. The Kier molecular flexibility index (Phi) is 2.59. The lowest BCUT2D eigenvalue weighted by Crippen LogP contribution is -2.13. The number of primary amides is 1. The number of aryl methyl sites for hydroxylation is 1. The monoisotopic (exact) mass is 255 g/mol. The second-order valence-corrected chi connectivity index (χ2v) is 4.27. The fraction of sp³-hybridized carbons (Fsp3) is 0.143. The molecule has 0 aliphatic heterocycles. The van der Waals surface area contributed by atoms with E-state index in [0.717, 1.165) is 11.0 Å². The average Bonchev–Trinajstić information content (AvgIpc) is 3.01. The van der Waals surface area contributed by atoms with Gasteiger partial charge in [-0.3, -0.25) is 4.79 Å². The summed E-state index contributed by atoms with van der Waals surface area (Å²) >= 11 is 0. The summed E-state index contributed by atoms with van der Waals surface area (Å²) in [6.07, 6.45) is 2.13. The van der Waals surface area contributed by atoms with Crippen LogP contribution in [0.25, 0.3) is 22.4 Å². The molecule has 0 spiro atoms. The Hall–Kier alpha value is -2.56. The molecule has 3 aromatic rings. The lowest BCUT2D eigenvalue weighted by molar-refractivity contribution is 0.0999. The molecule has 0 radical (unpaired) electrons. The third-order valence-electron chi connectivity index (χ3n) is 3.08. The minimum Gasteiger partial charge on any atom is -0.468 e. The van der Waals surface area contributed by atoms with Crippen molar-refractivity contribution in [1.29, 1.82) is 0 Å². The number of nitrogens with one attached hydrogen (secondary N) is 1. The number of hydrogen-bond donors (Lipinski definition) is 2. The fourth-order valence-electron chi connectivity index (χ4n) is 2.18. The summed E-state index contributed by atoms with van der Waals surface area (Å²) < 4.78 is 5.40. The number of aromatic nitrogens is 2. The zero-order valence-electron chi connectivity index (χ0n) is 10.4. The fourth-order valence-corrected chi connectivity index (χ4v) is 2.18. The number of nitrogens with zero attached hydrogens (tertiary/aromatic N) is 1. The second-order valence-electron chi connectivity index (χ2n) is 4.27. The molecule has 5 heteroatoms. The molecule has 5 nitrogen and oxygen atoms in total. The Labute approximate surface area is 109 Å². The van der Waals surface area contributed by atoms with Crippen LogP contribution in [0.3, 0.4) is 0 Å². The number of aromatic amines is 1. The molecule has 3 rings (SSSR count). The van der Waals surface area contributed by atoms with Crippen molar-refractivity contribution in [3.63, 3.8) is 0 Å². The van der Waals surface area contributed by atoms with Gasteiger partial charge >= 0.3 is 0 Å². The van der Waals surface area contributed by atoms with Crippen LogP contribution in [0.2, 0.25) is 0 Å². The lowest BCUT2D eigenvalue weighted by atomic mass is 10.1. The minimum absolute atomic E-state index is 0.404. The number of carbonyl (C=O) groups excluding carboxylic acids is 1. The Morgan fingerprint density at radius 3 is 2.89 bits per heavy atom. The summed E-state index contributed by atoms with van der Waals surface area (Å²) in [4.78, 5) is 19.2. The molecule has 1 aromatic carbocycles. The number of furan rings is 1. The first kappa shape index (κ1) is 11.5. The van der Waals surface area contributed by atoms with Crippen molar-refractivity contribution in [3.8, 4) is 11.4 Å². The van der Waals surface area contributed by atoms with E-state index in [1.54, 1.807) is 0 Å². The number of benzene rings is 1. The maximum absolute atomic E-state index is 11.6. The van der Waals surface area contributed by atoms with E-state index in [-0.39, 0.29) is 0 Å². The first-order valence-corrected chi connectivity index (χ1v) is 6.06. The molecular formula is C14H13N3O2. The normalized spacial score (nSPS) is 11.0. The van der Waals surface area contributed by atoms with Crippen LogP contribution in [0, 0.1) is 0 Å². The van der Waals surface area contributed by atoms with E-state index in [1.165, 1.54) is 6.26 Å². The molecule has 1 amide bonds. The Morgan fingerprint density at radius 2 is 2.21 bits per heavy atom. The highest BCUT2D eigenvalue weighted by Gasteiger charge is 2.20. The van der Waals surface area contributed by atoms with Gasteiger partial charge in [0, 0.05) is 6.42 Å². The molecule has 2 aromatic heterocycles. The third-order valence-corrected chi connectivity index (χ3v) is 3.08. The van der Waals surface area contributed by atoms with Crippen molar-refractivity contribution in [2.75, 3.05) is 0 Å². The molecule has 0 unspecified atom stereocenters. The highest BCUT2D eigenvalue weighted by molar-refractivity contribution is 6.00. The number of para-hydroxylation sites is 2. The maximum Gasteiger partial charge on any atom is 0.253 e. The molecule has 0 bridgehead atoms. The van der Waals surface area contributed by atoms with Crippen LogP contribution in [0.4, 0.5) is 0 Å². The third kappa shape index (κ3) is 1.79. The minimum atomic E-state index is -0.499. The number of H-pyrrole nitrogens is 1. The van der Waals surface area contributed by atoms with E-state index < -0.39 is 5.91 Å². The summed E-state index contributed by atoms with van der Waals surface area (Å²) in [5.41, 5.74) is 8.19. The van der Waals surface area contributed by atoms with Crippen LogP contribution in [0.5, 0.6) is 0 Å². The van der Waals surface area contributed by atoms with Gasteiger partial charge in [-0.2, -0.15) is 0 Å². The number of nitrogens with two attached hydrogens (primary N) is 1. The first-order chi connectivity index (χ1) is 9.20. The Morgan fingerprint density at radius 1 is 1.42 bits per heavy atom.